The second kappa shape index (κ2) is 7.95. The number of fused-ring (bicyclic) bond motifs is 2. The number of rotatable bonds is 2. The quantitative estimate of drug-likeness (QED) is 0.644. The first kappa shape index (κ1) is 22.1. The standard InChI is InChI=1S/C23H25N3O5S2/c1-32(28,29)18-10-11-20-16(14-18)6-5-13-26(20)23(27)17-7-4-12-25(15-17)22-19-8-2-3-9-21(19)33(30,31)24-22/h2-3,8-11,14,17H,4-7,12-13,15H2,1H3. The fraction of sp³-hybridized carbons (Fsp3) is 0.391. The summed E-state index contributed by atoms with van der Waals surface area (Å²) in [5.74, 6) is 0.111. The number of piperidine rings is 1. The zero-order chi connectivity index (χ0) is 23.4. The summed E-state index contributed by atoms with van der Waals surface area (Å²) in [4.78, 5) is 17.7. The van der Waals surface area contributed by atoms with E-state index in [0.29, 0.717) is 37.5 Å². The largest absolute Gasteiger partial charge is 0.355 e. The van der Waals surface area contributed by atoms with E-state index in [2.05, 4.69) is 4.40 Å². The maximum atomic E-state index is 13.6. The summed E-state index contributed by atoms with van der Waals surface area (Å²) in [5.41, 5.74) is 2.22. The molecule has 0 saturated carbocycles. The fourth-order valence-corrected chi connectivity index (χ4v) is 6.84. The molecule has 1 unspecified atom stereocenters. The minimum absolute atomic E-state index is 0.0116. The first-order valence-corrected chi connectivity index (χ1v) is 14.3. The average molecular weight is 488 g/mol. The third-order valence-corrected chi connectivity index (χ3v) is 8.98. The van der Waals surface area contributed by atoms with Crippen molar-refractivity contribution < 1.29 is 21.6 Å². The zero-order valence-electron chi connectivity index (χ0n) is 18.3. The molecule has 0 radical (unpaired) electrons. The van der Waals surface area contributed by atoms with Crippen molar-refractivity contribution in [3.05, 3.63) is 53.6 Å². The number of amides is 1. The van der Waals surface area contributed by atoms with Crippen molar-refractivity contribution in [2.24, 2.45) is 10.3 Å². The van der Waals surface area contributed by atoms with E-state index in [-0.39, 0.29) is 21.6 Å². The number of aryl methyl sites for hydroxylation is 1. The Bertz CT molecular complexity index is 1380. The van der Waals surface area contributed by atoms with E-state index in [4.69, 9.17) is 0 Å². The Morgan fingerprint density at radius 3 is 2.67 bits per heavy atom. The Hall–Kier alpha value is -2.72. The van der Waals surface area contributed by atoms with Gasteiger partial charge in [-0.05, 0) is 61.6 Å². The van der Waals surface area contributed by atoms with Gasteiger partial charge in [-0.25, -0.2) is 8.42 Å². The van der Waals surface area contributed by atoms with Gasteiger partial charge < -0.3 is 9.80 Å². The van der Waals surface area contributed by atoms with Crippen molar-refractivity contribution in [3.8, 4) is 0 Å². The van der Waals surface area contributed by atoms with Crippen LogP contribution in [0.1, 0.15) is 30.4 Å². The second-order valence-corrected chi connectivity index (χ2v) is 12.4. The minimum atomic E-state index is -3.72. The monoisotopic (exact) mass is 487 g/mol. The zero-order valence-corrected chi connectivity index (χ0v) is 19.9. The number of nitrogens with zero attached hydrogens (tertiary/aromatic N) is 3. The highest BCUT2D eigenvalue weighted by molar-refractivity contribution is 7.91. The number of anilines is 1. The molecule has 3 aliphatic rings. The van der Waals surface area contributed by atoms with Crippen molar-refractivity contribution >= 4 is 37.3 Å². The molecule has 0 N–H and O–H groups in total. The predicted molar refractivity (Wildman–Crippen MR) is 125 cm³/mol. The van der Waals surface area contributed by atoms with Crippen LogP contribution in [0.25, 0.3) is 0 Å². The molecule has 2 aromatic carbocycles. The van der Waals surface area contributed by atoms with Gasteiger partial charge in [0.05, 0.1) is 10.8 Å². The molecule has 174 valence electrons. The molecule has 1 atom stereocenters. The van der Waals surface area contributed by atoms with E-state index in [1.54, 1.807) is 47.4 Å². The molecule has 5 rings (SSSR count). The van der Waals surface area contributed by atoms with Gasteiger partial charge in [0, 0.05) is 37.1 Å². The number of likely N-dealkylation sites (tertiary alicyclic amines) is 1. The van der Waals surface area contributed by atoms with Crippen LogP contribution in [0.2, 0.25) is 0 Å². The smallest absolute Gasteiger partial charge is 0.285 e. The number of carbonyl (C=O) groups is 1. The fourth-order valence-electron chi connectivity index (χ4n) is 4.94. The highest BCUT2D eigenvalue weighted by Crippen LogP contribution is 2.33. The van der Waals surface area contributed by atoms with Gasteiger partial charge in [0.15, 0.2) is 15.7 Å². The summed E-state index contributed by atoms with van der Waals surface area (Å²) < 4.78 is 52.8. The normalized spacial score (nSPS) is 21.8. The van der Waals surface area contributed by atoms with Gasteiger partial charge in [0.25, 0.3) is 10.0 Å². The molecule has 33 heavy (non-hydrogen) atoms. The van der Waals surface area contributed by atoms with Crippen molar-refractivity contribution in [2.75, 3.05) is 30.8 Å². The van der Waals surface area contributed by atoms with Gasteiger partial charge in [-0.15, -0.1) is 4.40 Å². The summed E-state index contributed by atoms with van der Waals surface area (Å²) in [6.07, 6.45) is 4.14. The molecular formula is C23H25N3O5S2. The molecule has 8 nitrogen and oxygen atoms in total. The molecule has 0 aromatic heterocycles. The number of amidine groups is 1. The SMILES string of the molecule is CS(=O)(=O)c1ccc2c(c1)CCCN2C(=O)C1CCCN(C2=NS(=O)(=O)c3ccccc32)C1. The van der Waals surface area contributed by atoms with Crippen molar-refractivity contribution in [1.29, 1.82) is 0 Å². The lowest BCUT2D eigenvalue weighted by Crippen LogP contribution is -2.48. The number of sulfonamides is 1. The van der Waals surface area contributed by atoms with E-state index >= 15 is 0 Å². The van der Waals surface area contributed by atoms with Crippen LogP contribution in [-0.4, -0.2) is 59.4 Å². The molecule has 10 heteroatoms. The Balaban J connectivity index is 1.40. The highest BCUT2D eigenvalue weighted by atomic mass is 32.2. The molecular weight excluding hydrogens is 462 g/mol. The van der Waals surface area contributed by atoms with Crippen molar-refractivity contribution in [1.82, 2.24) is 4.90 Å². The van der Waals surface area contributed by atoms with E-state index in [0.717, 1.165) is 30.5 Å². The number of hydrogen-bond donors (Lipinski definition) is 0. The van der Waals surface area contributed by atoms with Crippen LogP contribution < -0.4 is 4.90 Å². The Labute approximate surface area is 193 Å². The summed E-state index contributed by atoms with van der Waals surface area (Å²) in [6, 6.07) is 11.7. The molecule has 3 heterocycles. The molecule has 3 aliphatic heterocycles. The van der Waals surface area contributed by atoms with Gasteiger partial charge >= 0.3 is 0 Å². The second-order valence-electron chi connectivity index (χ2n) is 8.83. The van der Waals surface area contributed by atoms with Gasteiger partial charge in [-0.3, -0.25) is 4.79 Å². The van der Waals surface area contributed by atoms with Gasteiger partial charge in [0.2, 0.25) is 5.91 Å². The number of hydrogen-bond acceptors (Lipinski definition) is 6. The Morgan fingerprint density at radius 1 is 1.09 bits per heavy atom. The maximum absolute atomic E-state index is 13.6. The Morgan fingerprint density at radius 2 is 1.88 bits per heavy atom. The number of sulfone groups is 1. The van der Waals surface area contributed by atoms with Crippen LogP contribution in [0, 0.1) is 5.92 Å². The lowest BCUT2D eigenvalue weighted by atomic mass is 9.93. The number of carbonyl (C=O) groups excluding carboxylic acids is 1. The third kappa shape index (κ3) is 3.95. The van der Waals surface area contributed by atoms with Crippen LogP contribution in [0.4, 0.5) is 5.69 Å². The first-order chi connectivity index (χ1) is 15.6. The van der Waals surface area contributed by atoms with E-state index in [1.807, 2.05) is 4.90 Å². The lowest BCUT2D eigenvalue weighted by molar-refractivity contribution is -0.123. The van der Waals surface area contributed by atoms with Crippen LogP contribution in [0.3, 0.4) is 0 Å². The summed E-state index contributed by atoms with van der Waals surface area (Å²) in [5, 5.41) is 0. The van der Waals surface area contributed by atoms with Crippen LogP contribution >= 0.6 is 0 Å². The molecule has 0 spiro atoms. The van der Waals surface area contributed by atoms with Gasteiger partial charge in [0.1, 0.15) is 4.90 Å². The molecule has 1 saturated heterocycles. The third-order valence-electron chi connectivity index (χ3n) is 6.55. The van der Waals surface area contributed by atoms with Crippen LogP contribution in [0.5, 0.6) is 0 Å². The minimum Gasteiger partial charge on any atom is -0.355 e. The van der Waals surface area contributed by atoms with Crippen molar-refractivity contribution in [3.63, 3.8) is 0 Å². The summed E-state index contributed by atoms with van der Waals surface area (Å²) in [6.45, 7) is 1.62. The first-order valence-electron chi connectivity index (χ1n) is 11.0. The summed E-state index contributed by atoms with van der Waals surface area (Å²) >= 11 is 0. The molecule has 0 aliphatic carbocycles. The molecule has 1 fully saturated rings. The van der Waals surface area contributed by atoms with E-state index in [1.165, 1.54) is 6.26 Å². The Kier molecular flexibility index (Phi) is 5.32. The molecule has 0 bridgehead atoms. The maximum Gasteiger partial charge on any atom is 0.285 e. The van der Waals surface area contributed by atoms with Gasteiger partial charge in [-0.2, -0.15) is 8.42 Å². The lowest BCUT2D eigenvalue weighted by Gasteiger charge is -2.37. The topological polar surface area (TPSA) is 104 Å². The predicted octanol–water partition coefficient (Wildman–Crippen LogP) is 2.23. The highest BCUT2D eigenvalue weighted by Gasteiger charge is 2.37. The van der Waals surface area contributed by atoms with Crippen LogP contribution in [-0.2, 0) is 31.1 Å². The van der Waals surface area contributed by atoms with Crippen molar-refractivity contribution in [2.45, 2.75) is 35.5 Å². The van der Waals surface area contributed by atoms with Gasteiger partial charge in [-0.1, -0.05) is 12.1 Å². The van der Waals surface area contributed by atoms with Crippen LogP contribution in [0.15, 0.2) is 56.7 Å². The molecule has 1 amide bonds. The van der Waals surface area contributed by atoms with E-state index < -0.39 is 19.9 Å². The number of benzene rings is 2. The average Bonchev–Trinajstić information content (AvgIpc) is 3.08. The van der Waals surface area contributed by atoms with E-state index in [9.17, 15) is 21.6 Å². The summed E-state index contributed by atoms with van der Waals surface area (Å²) in [7, 11) is -7.03. The molecule has 2 aromatic rings.